The predicted molar refractivity (Wildman–Crippen MR) is 73.3 cm³/mol. The van der Waals surface area contributed by atoms with Crippen molar-refractivity contribution in [2.45, 2.75) is 18.6 Å². The van der Waals surface area contributed by atoms with Gasteiger partial charge in [-0.2, -0.15) is 0 Å². The lowest BCUT2D eigenvalue weighted by molar-refractivity contribution is -0.133. The van der Waals surface area contributed by atoms with Gasteiger partial charge in [0.1, 0.15) is 0 Å². The summed E-state index contributed by atoms with van der Waals surface area (Å²) in [5.74, 6) is 0.121. The van der Waals surface area contributed by atoms with Gasteiger partial charge in [-0.1, -0.05) is 0 Å². The summed E-state index contributed by atoms with van der Waals surface area (Å²) in [6.45, 7) is 3.64. The van der Waals surface area contributed by atoms with Crippen LogP contribution in [0.15, 0.2) is 11.6 Å². The van der Waals surface area contributed by atoms with E-state index in [-0.39, 0.29) is 18.1 Å². The van der Waals surface area contributed by atoms with Crippen molar-refractivity contribution in [3.8, 4) is 0 Å². The number of carbonyl (C=O) groups is 1. The molecule has 3 rings (SSSR count). The van der Waals surface area contributed by atoms with Crippen molar-refractivity contribution < 1.29 is 9.90 Å². The Morgan fingerprint density at radius 2 is 2.21 bits per heavy atom. The first kappa shape index (κ1) is 12.8. The summed E-state index contributed by atoms with van der Waals surface area (Å²) in [6.07, 6.45) is 1.96. The summed E-state index contributed by atoms with van der Waals surface area (Å²) in [7, 11) is 0. The number of aliphatic hydroxyl groups is 1. The molecule has 0 saturated carbocycles. The van der Waals surface area contributed by atoms with Crippen molar-refractivity contribution in [3.05, 3.63) is 11.6 Å². The minimum atomic E-state index is -0.384. The lowest BCUT2D eigenvalue weighted by atomic mass is 10.1. The predicted octanol–water partition coefficient (Wildman–Crippen LogP) is -0.485. The summed E-state index contributed by atoms with van der Waals surface area (Å²) < 4.78 is 0. The number of nitrogens with zero attached hydrogens (tertiary/aromatic N) is 3. The fraction of sp³-hybridized carbons (Fsp3) is 0.667. The summed E-state index contributed by atoms with van der Waals surface area (Å²) in [6, 6.07) is -0.207. The molecule has 2 fully saturated rings. The van der Waals surface area contributed by atoms with Crippen molar-refractivity contribution in [2.24, 2.45) is 0 Å². The molecule has 1 aromatic rings. The normalized spacial score (nSPS) is 27.8. The quantitative estimate of drug-likeness (QED) is 0.766. The molecule has 2 aliphatic rings. The number of hydrogen-bond donors (Lipinski definition) is 2. The van der Waals surface area contributed by atoms with E-state index >= 15 is 0 Å². The lowest BCUT2D eigenvalue weighted by Crippen LogP contribution is -2.53. The van der Waals surface area contributed by atoms with Crippen molar-refractivity contribution in [1.29, 1.82) is 0 Å². The molecule has 2 saturated heterocycles. The van der Waals surface area contributed by atoms with Crippen LogP contribution in [0.25, 0.3) is 0 Å². The molecule has 104 valence electrons. The Balaban J connectivity index is 1.54. The van der Waals surface area contributed by atoms with E-state index in [1.54, 1.807) is 17.5 Å². The molecule has 2 aliphatic heterocycles. The zero-order valence-corrected chi connectivity index (χ0v) is 11.5. The van der Waals surface area contributed by atoms with Crippen molar-refractivity contribution in [3.63, 3.8) is 0 Å². The van der Waals surface area contributed by atoms with Gasteiger partial charge < -0.3 is 20.2 Å². The highest BCUT2D eigenvalue weighted by atomic mass is 32.1. The molecule has 3 heterocycles. The highest BCUT2D eigenvalue weighted by molar-refractivity contribution is 7.13. The minimum absolute atomic E-state index is 0.121. The fourth-order valence-corrected chi connectivity index (χ4v) is 3.31. The molecule has 0 aliphatic carbocycles. The van der Waals surface area contributed by atoms with E-state index in [1.807, 2.05) is 10.3 Å². The number of hydrogen-bond acceptors (Lipinski definition) is 6. The molecule has 0 radical (unpaired) electrons. The first-order chi connectivity index (χ1) is 9.24. The Bertz CT molecular complexity index is 431. The molecule has 2 N–H and O–H groups in total. The zero-order valence-electron chi connectivity index (χ0n) is 10.7. The second-order valence-electron chi connectivity index (χ2n) is 4.98. The monoisotopic (exact) mass is 282 g/mol. The highest BCUT2D eigenvalue weighted by Crippen LogP contribution is 2.19. The number of aromatic nitrogens is 1. The SMILES string of the molecule is O=C([C@H]1C[C@@H](O)CN1)N1CCN(c2nccs2)CC1. The van der Waals surface area contributed by atoms with Crippen molar-refractivity contribution >= 4 is 22.4 Å². The summed E-state index contributed by atoms with van der Waals surface area (Å²) in [5, 5.41) is 15.5. The molecule has 7 heteroatoms. The van der Waals surface area contributed by atoms with E-state index in [0.717, 1.165) is 31.3 Å². The fourth-order valence-electron chi connectivity index (χ4n) is 2.62. The zero-order chi connectivity index (χ0) is 13.2. The van der Waals surface area contributed by atoms with Crippen LogP contribution in [0.4, 0.5) is 5.13 Å². The summed E-state index contributed by atoms with van der Waals surface area (Å²) in [5.41, 5.74) is 0. The van der Waals surface area contributed by atoms with Crippen LogP contribution in [0.5, 0.6) is 0 Å². The Hall–Kier alpha value is -1.18. The minimum Gasteiger partial charge on any atom is -0.392 e. The van der Waals surface area contributed by atoms with E-state index in [0.29, 0.717) is 13.0 Å². The van der Waals surface area contributed by atoms with Gasteiger partial charge in [-0.05, 0) is 6.42 Å². The van der Waals surface area contributed by atoms with E-state index in [2.05, 4.69) is 15.2 Å². The van der Waals surface area contributed by atoms with Crippen LogP contribution in [-0.2, 0) is 4.79 Å². The van der Waals surface area contributed by atoms with Gasteiger partial charge >= 0.3 is 0 Å². The first-order valence-electron chi connectivity index (χ1n) is 6.59. The van der Waals surface area contributed by atoms with Crippen LogP contribution in [0, 0.1) is 0 Å². The second-order valence-corrected chi connectivity index (χ2v) is 5.85. The topological polar surface area (TPSA) is 68.7 Å². The van der Waals surface area contributed by atoms with Crippen LogP contribution >= 0.6 is 11.3 Å². The number of rotatable bonds is 2. The number of carbonyl (C=O) groups excluding carboxylic acids is 1. The molecule has 2 atom stereocenters. The van der Waals surface area contributed by atoms with Gasteiger partial charge in [0.15, 0.2) is 5.13 Å². The standard InChI is InChI=1S/C12H18N4O2S/c17-9-7-10(14-8-9)11(18)15-2-4-16(5-3-15)12-13-1-6-19-12/h1,6,9-10,14,17H,2-5,7-8H2/t9-,10-/m1/s1. The van der Waals surface area contributed by atoms with E-state index in [9.17, 15) is 9.90 Å². The molecular weight excluding hydrogens is 264 g/mol. The largest absolute Gasteiger partial charge is 0.392 e. The van der Waals surface area contributed by atoms with Gasteiger partial charge in [0.25, 0.3) is 0 Å². The smallest absolute Gasteiger partial charge is 0.239 e. The Kier molecular flexibility index (Phi) is 3.67. The molecule has 19 heavy (non-hydrogen) atoms. The van der Waals surface area contributed by atoms with Crippen molar-refractivity contribution in [1.82, 2.24) is 15.2 Å². The molecule has 6 nitrogen and oxygen atoms in total. The number of amides is 1. The number of thiazole rings is 1. The van der Waals surface area contributed by atoms with Gasteiger partial charge in [-0.15, -0.1) is 11.3 Å². The van der Waals surface area contributed by atoms with E-state index < -0.39 is 0 Å². The molecule has 0 bridgehead atoms. The van der Waals surface area contributed by atoms with Gasteiger partial charge in [0.2, 0.25) is 5.91 Å². The Morgan fingerprint density at radius 3 is 2.79 bits per heavy atom. The summed E-state index contributed by atoms with van der Waals surface area (Å²) in [4.78, 5) is 20.7. The van der Waals surface area contributed by atoms with Crippen LogP contribution in [0.2, 0.25) is 0 Å². The Morgan fingerprint density at radius 1 is 1.42 bits per heavy atom. The third kappa shape index (κ3) is 2.72. The molecule has 0 aromatic carbocycles. The molecular formula is C12H18N4O2S. The average molecular weight is 282 g/mol. The highest BCUT2D eigenvalue weighted by Gasteiger charge is 2.32. The number of aliphatic hydroxyl groups excluding tert-OH is 1. The van der Waals surface area contributed by atoms with Crippen LogP contribution in [0.1, 0.15) is 6.42 Å². The van der Waals surface area contributed by atoms with Gasteiger partial charge in [-0.3, -0.25) is 4.79 Å². The third-order valence-corrected chi connectivity index (χ3v) is 4.52. The second kappa shape index (κ2) is 5.44. The van der Waals surface area contributed by atoms with Crippen LogP contribution < -0.4 is 10.2 Å². The molecule has 0 spiro atoms. The number of anilines is 1. The van der Waals surface area contributed by atoms with Gasteiger partial charge in [-0.25, -0.2) is 4.98 Å². The maximum atomic E-state index is 12.3. The number of β-amino-alcohol motifs (C(OH)–C–C–N with tert-alkyl or cyclic N) is 1. The maximum Gasteiger partial charge on any atom is 0.239 e. The number of nitrogens with one attached hydrogen (secondary N) is 1. The molecule has 1 amide bonds. The van der Waals surface area contributed by atoms with Gasteiger partial charge in [0.05, 0.1) is 12.1 Å². The van der Waals surface area contributed by atoms with Crippen molar-refractivity contribution in [2.75, 3.05) is 37.6 Å². The van der Waals surface area contributed by atoms with E-state index in [4.69, 9.17) is 0 Å². The third-order valence-electron chi connectivity index (χ3n) is 3.69. The van der Waals surface area contributed by atoms with Crippen LogP contribution in [-0.4, -0.2) is 65.8 Å². The molecule has 1 aromatic heterocycles. The molecule has 0 unspecified atom stereocenters. The first-order valence-corrected chi connectivity index (χ1v) is 7.46. The average Bonchev–Trinajstić information content (AvgIpc) is 3.09. The lowest BCUT2D eigenvalue weighted by Gasteiger charge is -2.35. The van der Waals surface area contributed by atoms with Crippen LogP contribution in [0.3, 0.4) is 0 Å². The Labute approximate surface area is 116 Å². The van der Waals surface area contributed by atoms with Gasteiger partial charge in [0, 0.05) is 44.3 Å². The number of piperazine rings is 1. The summed E-state index contributed by atoms with van der Waals surface area (Å²) >= 11 is 1.63. The van der Waals surface area contributed by atoms with E-state index in [1.165, 1.54) is 0 Å². The maximum absolute atomic E-state index is 12.3.